The number of carbonyl (C=O) groups excluding carboxylic acids is 1. The zero-order valence-electron chi connectivity index (χ0n) is 14.4. The van der Waals surface area contributed by atoms with Crippen LogP contribution in [0.3, 0.4) is 0 Å². The highest BCUT2D eigenvalue weighted by molar-refractivity contribution is 5.72. The Morgan fingerprint density at radius 1 is 1.27 bits per heavy atom. The zero-order valence-corrected chi connectivity index (χ0v) is 14.4. The van der Waals surface area contributed by atoms with E-state index in [-0.39, 0.29) is 24.3 Å². The van der Waals surface area contributed by atoms with Crippen LogP contribution in [0.15, 0.2) is 47.4 Å². The molecule has 2 heterocycles. The maximum absolute atomic E-state index is 13.7. The van der Waals surface area contributed by atoms with E-state index in [1.165, 1.54) is 29.7 Å². The normalized spacial score (nSPS) is 10.7. The van der Waals surface area contributed by atoms with Crippen molar-refractivity contribution in [3.63, 3.8) is 0 Å². The maximum Gasteiger partial charge on any atom is 0.310 e. The first kappa shape index (κ1) is 17.6. The molecule has 0 saturated carbocycles. The van der Waals surface area contributed by atoms with E-state index in [1.54, 1.807) is 18.3 Å². The molecule has 6 nitrogen and oxygen atoms in total. The first-order valence-electron chi connectivity index (χ1n) is 7.94. The van der Waals surface area contributed by atoms with E-state index in [1.807, 2.05) is 13.0 Å². The number of esters is 1. The number of fused-ring (bicyclic) bond motifs is 1. The molecule has 0 amide bonds. The number of rotatable bonds is 5. The highest BCUT2D eigenvalue weighted by Gasteiger charge is 2.11. The number of halogens is 1. The van der Waals surface area contributed by atoms with Crippen molar-refractivity contribution in [2.45, 2.75) is 20.0 Å². The number of benzene rings is 1. The zero-order chi connectivity index (χ0) is 18.7. The molecule has 0 N–H and O–H groups in total. The second kappa shape index (κ2) is 7.35. The summed E-state index contributed by atoms with van der Waals surface area (Å²) in [6.45, 7) is 1.72. The lowest BCUT2D eigenvalue weighted by atomic mass is 10.1. The summed E-state index contributed by atoms with van der Waals surface area (Å²) in [5.41, 5.74) is 1.94. The Morgan fingerprint density at radius 2 is 2.08 bits per heavy atom. The molecule has 0 spiro atoms. The molecule has 26 heavy (non-hydrogen) atoms. The molecule has 0 aliphatic rings. The minimum absolute atomic E-state index is 0.0908. The van der Waals surface area contributed by atoms with Gasteiger partial charge in [0.2, 0.25) is 0 Å². The first-order chi connectivity index (χ1) is 12.5. The van der Waals surface area contributed by atoms with Gasteiger partial charge in [-0.25, -0.2) is 9.37 Å². The lowest BCUT2D eigenvalue weighted by molar-refractivity contribution is -0.144. The van der Waals surface area contributed by atoms with Crippen molar-refractivity contribution in [2.24, 2.45) is 0 Å². The fourth-order valence-electron chi connectivity index (χ4n) is 2.57. The van der Waals surface area contributed by atoms with Gasteiger partial charge >= 0.3 is 5.97 Å². The number of hydrogen-bond donors (Lipinski definition) is 0. The van der Waals surface area contributed by atoms with Crippen molar-refractivity contribution in [3.05, 3.63) is 75.6 Å². The number of aryl methyl sites for hydroxylation is 1. The highest BCUT2D eigenvalue weighted by Crippen LogP contribution is 2.18. The maximum atomic E-state index is 13.7. The molecule has 0 bridgehead atoms. The summed E-state index contributed by atoms with van der Waals surface area (Å²) in [6, 6.07) is 9.20. The van der Waals surface area contributed by atoms with Crippen molar-refractivity contribution >= 4 is 11.6 Å². The second-order valence-electron chi connectivity index (χ2n) is 5.78. The van der Waals surface area contributed by atoms with Gasteiger partial charge in [-0.3, -0.25) is 14.0 Å². The molecular weight excluding hydrogens is 339 g/mol. The highest BCUT2D eigenvalue weighted by atomic mass is 19.1. The molecule has 0 atom stereocenters. The molecule has 3 aromatic rings. The summed E-state index contributed by atoms with van der Waals surface area (Å²) in [7, 11) is 1.37. The number of hydrogen-bond acceptors (Lipinski definition) is 5. The largest absolute Gasteiger partial charge is 0.494 e. The molecule has 3 rings (SSSR count). The summed E-state index contributed by atoms with van der Waals surface area (Å²) in [5.74, 6) is -0.975. The number of ether oxygens (including phenoxy) is 2. The van der Waals surface area contributed by atoms with Gasteiger partial charge in [-0.15, -0.1) is 0 Å². The third-order valence-electron chi connectivity index (χ3n) is 3.88. The van der Waals surface area contributed by atoms with Crippen LogP contribution in [0.1, 0.15) is 16.8 Å². The van der Waals surface area contributed by atoms with E-state index in [4.69, 9.17) is 9.47 Å². The number of pyridine rings is 1. The van der Waals surface area contributed by atoms with Crippen LogP contribution in [0.25, 0.3) is 5.65 Å². The predicted octanol–water partition coefficient (Wildman–Crippen LogP) is 2.44. The molecule has 0 saturated heterocycles. The Morgan fingerprint density at radius 3 is 2.81 bits per heavy atom. The fourth-order valence-corrected chi connectivity index (χ4v) is 2.57. The Balaban J connectivity index is 1.70. The van der Waals surface area contributed by atoms with Crippen LogP contribution in [-0.4, -0.2) is 22.5 Å². The molecule has 1 aromatic carbocycles. The van der Waals surface area contributed by atoms with Gasteiger partial charge in [0, 0.05) is 12.3 Å². The van der Waals surface area contributed by atoms with Crippen molar-refractivity contribution in [1.29, 1.82) is 0 Å². The van der Waals surface area contributed by atoms with Crippen molar-refractivity contribution in [1.82, 2.24) is 9.38 Å². The molecule has 0 aliphatic heterocycles. The Labute approximate surface area is 148 Å². The van der Waals surface area contributed by atoms with E-state index in [0.717, 1.165) is 5.56 Å². The monoisotopic (exact) mass is 356 g/mol. The molecule has 134 valence electrons. The summed E-state index contributed by atoms with van der Waals surface area (Å²) >= 11 is 0. The Bertz CT molecular complexity index is 1030. The predicted molar refractivity (Wildman–Crippen MR) is 92.7 cm³/mol. The van der Waals surface area contributed by atoms with E-state index in [2.05, 4.69) is 4.98 Å². The van der Waals surface area contributed by atoms with Crippen LogP contribution in [0.4, 0.5) is 4.39 Å². The summed E-state index contributed by atoms with van der Waals surface area (Å²) in [4.78, 5) is 28.5. The summed E-state index contributed by atoms with van der Waals surface area (Å²) in [6.07, 6.45) is 1.54. The Hall–Kier alpha value is -3.22. The van der Waals surface area contributed by atoms with Gasteiger partial charge in [-0.05, 0) is 36.2 Å². The van der Waals surface area contributed by atoms with Gasteiger partial charge in [0.1, 0.15) is 12.3 Å². The molecule has 0 fully saturated rings. The van der Waals surface area contributed by atoms with Crippen LogP contribution < -0.4 is 10.3 Å². The van der Waals surface area contributed by atoms with Crippen LogP contribution in [-0.2, 0) is 22.6 Å². The topological polar surface area (TPSA) is 69.9 Å². The van der Waals surface area contributed by atoms with E-state index < -0.39 is 11.8 Å². The van der Waals surface area contributed by atoms with E-state index >= 15 is 0 Å². The molecule has 0 aliphatic carbocycles. The fraction of sp³-hybridized carbons (Fsp3) is 0.211. The van der Waals surface area contributed by atoms with Crippen LogP contribution in [0, 0.1) is 12.7 Å². The van der Waals surface area contributed by atoms with Gasteiger partial charge in [0.15, 0.2) is 11.6 Å². The molecule has 0 unspecified atom stereocenters. The third kappa shape index (κ3) is 3.72. The second-order valence-corrected chi connectivity index (χ2v) is 5.78. The quantitative estimate of drug-likeness (QED) is 0.657. The summed E-state index contributed by atoms with van der Waals surface area (Å²) in [5, 5.41) is 0. The van der Waals surface area contributed by atoms with Crippen LogP contribution in [0.2, 0.25) is 0 Å². The standard InChI is InChI=1S/C19H17FN2O4/c1-12-4-3-7-22-17(23)10-14(21-19(12)22)11-26-18(24)9-13-5-6-16(25-2)15(20)8-13/h3-8,10H,9,11H2,1-2H3. The van der Waals surface area contributed by atoms with Gasteiger partial charge in [-0.1, -0.05) is 12.1 Å². The van der Waals surface area contributed by atoms with Crippen molar-refractivity contribution in [3.8, 4) is 5.75 Å². The molecule has 2 aromatic heterocycles. The number of methoxy groups -OCH3 is 1. The first-order valence-corrected chi connectivity index (χ1v) is 7.94. The van der Waals surface area contributed by atoms with Gasteiger partial charge in [0.25, 0.3) is 5.56 Å². The average Bonchev–Trinajstić information content (AvgIpc) is 2.61. The van der Waals surface area contributed by atoms with E-state index in [9.17, 15) is 14.0 Å². The number of aromatic nitrogens is 2. The molecule has 0 radical (unpaired) electrons. The van der Waals surface area contributed by atoms with Gasteiger partial charge < -0.3 is 9.47 Å². The van der Waals surface area contributed by atoms with Gasteiger partial charge in [-0.2, -0.15) is 0 Å². The summed E-state index contributed by atoms with van der Waals surface area (Å²) < 4.78 is 25.1. The average molecular weight is 356 g/mol. The Kier molecular flexibility index (Phi) is 4.97. The third-order valence-corrected chi connectivity index (χ3v) is 3.88. The SMILES string of the molecule is COc1ccc(CC(=O)OCc2cc(=O)n3cccc(C)c3n2)cc1F. The lowest BCUT2D eigenvalue weighted by Crippen LogP contribution is -2.17. The molecule has 7 heteroatoms. The number of carbonyl (C=O) groups is 1. The van der Waals surface area contributed by atoms with Crippen molar-refractivity contribution < 1.29 is 18.7 Å². The van der Waals surface area contributed by atoms with Gasteiger partial charge in [0.05, 0.1) is 19.2 Å². The smallest absolute Gasteiger partial charge is 0.310 e. The van der Waals surface area contributed by atoms with Crippen molar-refractivity contribution in [2.75, 3.05) is 7.11 Å². The molecular formula is C19H17FN2O4. The minimum Gasteiger partial charge on any atom is -0.494 e. The lowest BCUT2D eigenvalue weighted by Gasteiger charge is -2.08. The number of nitrogens with zero attached hydrogens (tertiary/aromatic N) is 2. The minimum atomic E-state index is -0.544. The van der Waals surface area contributed by atoms with Crippen LogP contribution in [0.5, 0.6) is 5.75 Å². The van der Waals surface area contributed by atoms with E-state index in [0.29, 0.717) is 16.9 Å². The van der Waals surface area contributed by atoms with Crippen LogP contribution >= 0.6 is 0 Å².